The molecular formula is C15H14ClNS. The Morgan fingerprint density at radius 1 is 1.11 bits per heavy atom. The van der Waals surface area contributed by atoms with Gasteiger partial charge in [-0.3, -0.25) is 0 Å². The van der Waals surface area contributed by atoms with Crippen LogP contribution in [0.5, 0.6) is 0 Å². The van der Waals surface area contributed by atoms with Gasteiger partial charge in [-0.25, -0.2) is 0 Å². The lowest BCUT2D eigenvalue weighted by molar-refractivity contribution is 0.852. The first kappa shape index (κ1) is 11.8. The Bertz CT molecular complexity index is 681. The SMILES string of the molecule is CCc1ccc(Cn2ccc3cccc(Cl)c32)s1. The lowest BCUT2D eigenvalue weighted by atomic mass is 10.2. The van der Waals surface area contributed by atoms with Crippen LogP contribution in [0.1, 0.15) is 16.7 Å². The van der Waals surface area contributed by atoms with Crippen molar-refractivity contribution in [2.75, 3.05) is 0 Å². The van der Waals surface area contributed by atoms with Gasteiger partial charge >= 0.3 is 0 Å². The smallest absolute Gasteiger partial charge is 0.0673 e. The summed E-state index contributed by atoms with van der Waals surface area (Å²) in [6.45, 7) is 3.09. The fraction of sp³-hybridized carbons (Fsp3) is 0.200. The minimum Gasteiger partial charge on any atom is -0.341 e. The molecule has 0 aliphatic rings. The average molecular weight is 276 g/mol. The quantitative estimate of drug-likeness (QED) is 0.636. The number of thiophene rings is 1. The van der Waals surface area contributed by atoms with Crippen molar-refractivity contribution in [3.63, 3.8) is 0 Å². The van der Waals surface area contributed by atoms with E-state index in [1.165, 1.54) is 15.1 Å². The number of benzene rings is 1. The average Bonchev–Trinajstić information content (AvgIpc) is 2.98. The topological polar surface area (TPSA) is 4.93 Å². The molecule has 1 aromatic carbocycles. The Hall–Kier alpha value is -1.25. The molecular weight excluding hydrogens is 262 g/mol. The summed E-state index contributed by atoms with van der Waals surface area (Å²) in [4.78, 5) is 2.82. The molecule has 2 heterocycles. The van der Waals surface area contributed by atoms with Gasteiger partial charge in [0.05, 0.1) is 17.1 Å². The summed E-state index contributed by atoms with van der Waals surface area (Å²) in [6.07, 6.45) is 3.22. The number of nitrogens with zero attached hydrogens (tertiary/aromatic N) is 1. The number of fused-ring (bicyclic) bond motifs is 1. The van der Waals surface area contributed by atoms with Crippen molar-refractivity contribution in [3.05, 3.63) is 57.4 Å². The highest BCUT2D eigenvalue weighted by atomic mass is 35.5. The number of hydrogen-bond acceptors (Lipinski definition) is 1. The molecule has 1 nitrogen and oxygen atoms in total. The van der Waals surface area contributed by atoms with Gasteiger partial charge in [0, 0.05) is 21.3 Å². The number of aromatic nitrogens is 1. The van der Waals surface area contributed by atoms with Crippen LogP contribution in [-0.2, 0) is 13.0 Å². The minimum absolute atomic E-state index is 0.824. The molecule has 0 amide bonds. The Kier molecular flexibility index (Phi) is 3.14. The van der Waals surface area contributed by atoms with Crippen LogP contribution in [0.15, 0.2) is 42.6 Å². The molecule has 0 aliphatic carbocycles. The maximum atomic E-state index is 6.28. The van der Waals surface area contributed by atoms with Gasteiger partial charge < -0.3 is 4.57 Å². The number of halogens is 1. The zero-order valence-corrected chi connectivity index (χ0v) is 11.8. The van der Waals surface area contributed by atoms with Crippen molar-refractivity contribution in [1.82, 2.24) is 4.57 Å². The molecule has 0 saturated heterocycles. The standard InChI is InChI=1S/C15H14ClNS/c1-2-12-6-7-13(18-12)10-17-9-8-11-4-3-5-14(16)15(11)17/h3-9H,2,10H2,1H3. The summed E-state index contributed by atoms with van der Waals surface area (Å²) in [5.74, 6) is 0. The van der Waals surface area contributed by atoms with Crippen LogP contribution >= 0.6 is 22.9 Å². The van der Waals surface area contributed by atoms with Gasteiger partial charge in [0.15, 0.2) is 0 Å². The molecule has 0 saturated carbocycles. The van der Waals surface area contributed by atoms with Gasteiger partial charge in [-0.15, -0.1) is 11.3 Å². The Balaban J connectivity index is 1.99. The third kappa shape index (κ3) is 2.06. The molecule has 3 heteroatoms. The summed E-state index contributed by atoms with van der Waals surface area (Å²) in [5, 5.41) is 2.03. The van der Waals surface area contributed by atoms with Gasteiger partial charge in [0.25, 0.3) is 0 Å². The third-order valence-corrected chi connectivity index (χ3v) is 4.65. The van der Waals surface area contributed by atoms with Crippen LogP contribution < -0.4 is 0 Å². The second kappa shape index (κ2) is 4.79. The predicted molar refractivity (Wildman–Crippen MR) is 79.7 cm³/mol. The van der Waals surface area contributed by atoms with E-state index in [1.54, 1.807) is 0 Å². The second-order valence-corrected chi connectivity index (χ2v) is 6.00. The van der Waals surface area contributed by atoms with E-state index in [0.717, 1.165) is 23.5 Å². The van der Waals surface area contributed by atoms with E-state index in [4.69, 9.17) is 11.6 Å². The minimum atomic E-state index is 0.824. The zero-order valence-electron chi connectivity index (χ0n) is 10.2. The van der Waals surface area contributed by atoms with Crippen molar-refractivity contribution in [2.24, 2.45) is 0 Å². The van der Waals surface area contributed by atoms with E-state index in [-0.39, 0.29) is 0 Å². The van der Waals surface area contributed by atoms with Crippen LogP contribution in [0.25, 0.3) is 10.9 Å². The summed E-state index contributed by atoms with van der Waals surface area (Å²) in [5.41, 5.74) is 1.13. The normalized spacial score (nSPS) is 11.2. The molecule has 0 fully saturated rings. The number of para-hydroxylation sites is 1. The number of aryl methyl sites for hydroxylation is 1. The van der Waals surface area contributed by atoms with Gasteiger partial charge in [-0.05, 0) is 30.7 Å². The highest BCUT2D eigenvalue weighted by Gasteiger charge is 2.06. The summed E-state index contributed by atoms with van der Waals surface area (Å²) < 4.78 is 2.23. The van der Waals surface area contributed by atoms with E-state index < -0.39 is 0 Å². The Labute approximate surface area is 116 Å². The fourth-order valence-electron chi connectivity index (χ4n) is 2.21. The van der Waals surface area contributed by atoms with E-state index in [9.17, 15) is 0 Å². The van der Waals surface area contributed by atoms with Crippen molar-refractivity contribution in [2.45, 2.75) is 19.9 Å². The van der Waals surface area contributed by atoms with Crippen molar-refractivity contribution < 1.29 is 0 Å². The van der Waals surface area contributed by atoms with Crippen LogP contribution in [0.4, 0.5) is 0 Å². The lowest BCUT2D eigenvalue weighted by Gasteiger charge is -2.04. The summed E-state index contributed by atoms with van der Waals surface area (Å²) >= 11 is 8.17. The van der Waals surface area contributed by atoms with Gasteiger partial charge in [-0.1, -0.05) is 30.7 Å². The number of hydrogen-bond donors (Lipinski definition) is 0. The van der Waals surface area contributed by atoms with E-state index in [0.29, 0.717) is 0 Å². The Morgan fingerprint density at radius 3 is 2.72 bits per heavy atom. The zero-order chi connectivity index (χ0) is 12.5. The largest absolute Gasteiger partial charge is 0.341 e. The fourth-order valence-corrected chi connectivity index (χ4v) is 3.46. The highest BCUT2D eigenvalue weighted by molar-refractivity contribution is 7.11. The van der Waals surface area contributed by atoms with Gasteiger partial charge in [0.2, 0.25) is 0 Å². The molecule has 92 valence electrons. The maximum absolute atomic E-state index is 6.28. The lowest BCUT2D eigenvalue weighted by Crippen LogP contribution is -1.95. The molecule has 0 atom stereocenters. The van der Waals surface area contributed by atoms with E-state index >= 15 is 0 Å². The van der Waals surface area contributed by atoms with Gasteiger partial charge in [0.1, 0.15) is 0 Å². The Morgan fingerprint density at radius 2 is 1.94 bits per heavy atom. The van der Waals surface area contributed by atoms with Gasteiger partial charge in [-0.2, -0.15) is 0 Å². The first-order chi connectivity index (χ1) is 8.78. The molecule has 0 radical (unpaired) electrons. The molecule has 3 rings (SSSR count). The second-order valence-electron chi connectivity index (χ2n) is 4.34. The van der Waals surface area contributed by atoms with Crippen LogP contribution in [0, 0.1) is 0 Å². The van der Waals surface area contributed by atoms with Crippen molar-refractivity contribution in [3.8, 4) is 0 Å². The maximum Gasteiger partial charge on any atom is 0.0673 e. The van der Waals surface area contributed by atoms with Crippen LogP contribution in [-0.4, -0.2) is 4.57 Å². The molecule has 0 N–H and O–H groups in total. The highest BCUT2D eigenvalue weighted by Crippen LogP contribution is 2.26. The molecule has 0 bridgehead atoms. The molecule has 0 unspecified atom stereocenters. The number of rotatable bonds is 3. The molecule has 18 heavy (non-hydrogen) atoms. The van der Waals surface area contributed by atoms with Crippen LogP contribution in [0.2, 0.25) is 5.02 Å². The molecule has 0 aliphatic heterocycles. The van der Waals surface area contributed by atoms with Crippen molar-refractivity contribution in [1.29, 1.82) is 0 Å². The monoisotopic (exact) mass is 275 g/mol. The third-order valence-electron chi connectivity index (χ3n) is 3.13. The predicted octanol–water partition coefficient (Wildman–Crippen LogP) is 4.97. The van der Waals surface area contributed by atoms with Crippen molar-refractivity contribution >= 4 is 33.8 Å². The first-order valence-corrected chi connectivity index (χ1v) is 7.28. The molecule has 3 aromatic rings. The summed E-state index contributed by atoms with van der Waals surface area (Å²) in [7, 11) is 0. The molecule has 0 spiro atoms. The van der Waals surface area contributed by atoms with Crippen LogP contribution in [0.3, 0.4) is 0 Å². The first-order valence-electron chi connectivity index (χ1n) is 6.09. The summed E-state index contributed by atoms with van der Waals surface area (Å²) in [6, 6.07) is 12.6. The van der Waals surface area contributed by atoms with E-state index in [1.807, 2.05) is 23.5 Å². The van der Waals surface area contributed by atoms with E-state index in [2.05, 4.69) is 42.0 Å². The molecule has 2 aromatic heterocycles.